The second kappa shape index (κ2) is 6.49. The van der Waals surface area contributed by atoms with Crippen LogP contribution in [-0.2, 0) is 11.2 Å². The number of carbonyl (C=O) groups is 2. The first-order valence-electron chi connectivity index (χ1n) is 7.49. The number of benzene rings is 1. The molecule has 0 atom stereocenters. The van der Waals surface area contributed by atoms with E-state index in [1.54, 1.807) is 4.52 Å². The maximum absolute atomic E-state index is 12.3. The van der Waals surface area contributed by atoms with Gasteiger partial charge in [0, 0.05) is 11.4 Å². The van der Waals surface area contributed by atoms with Gasteiger partial charge in [-0.15, -0.1) is 0 Å². The van der Waals surface area contributed by atoms with Gasteiger partial charge in [0.1, 0.15) is 5.56 Å². The smallest absolute Gasteiger partial charge is 0.273 e. The minimum Gasteiger partial charge on any atom is -0.273 e. The molecule has 7 heteroatoms. The van der Waals surface area contributed by atoms with Gasteiger partial charge in [-0.05, 0) is 25.5 Å². The average molecular weight is 323 g/mol. The first-order valence-corrected chi connectivity index (χ1v) is 7.49. The van der Waals surface area contributed by atoms with Crippen molar-refractivity contribution in [3.63, 3.8) is 0 Å². The van der Waals surface area contributed by atoms with E-state index in [1.165, 1.54) is 6.20 Å². The molecule has 0 unspecified atom stereocenters. The van der Waals surface area contributed by atoms with Crippen molar-refractivity contribution in [2.24, 2.45) is 0 Å². The van der Waals surface area contributed by atoms with E-state index in [4.69, 9.17) is 0 Å². The van der Waals surface area contributed by atoms with E-state index in [2.05, 4.69) is 20.9 Å². The van der Waals surface area contributed by atoms with Gasteiger partial charge >= 0.3 is 0 Å². The SMILES string of the molecule is Cc1cc(C)n2ncc(C(=O)NNC(=O)Cc3ccccc3)c2n1. The zero-order valence-electron chi connectivity index (χ0n) is 13.4. The van der Waals surface area contributed by atoms with Gasteiger partial charge < -0.3 is 0 Å². The molecule has 0 aliphatic rings. The minimum absolute atomic E-state index is 0.187. The third-order valence-electron chi connectivity index (χ3n) is 3.55. The molecule has 1 aromatic carbocycles. The number of hydrogen-bond acceptors (Lipinski definition) is 4. The molecule has 0 bridgehead atoms. The molecule has 0 saturated carbocycles. The van der Waals surface area contributed by atoms with Gasteiger partial charge in [-0.2, -0.15) is 5.10 Å². The predicted molar refractivity (Wildman–Crippen MR) is 88.2 cm³/mol. The fraction of sp³-hybridized carbons (Fsp3) is 0.176. The highest BCUT2D eigenvalue weighted by Crippen LogP contribution is 2.11. The van der Waals surface area contributed by atoms with Gasteiger partial charge in [-0.1, -0.05) is 30.3 Å². The second-order valence-corrected chi connectivity index (χ2v) is 5.50. The van der Waals surface area contributed by atoms with Crippen molar-refractivity contribution < 1.29 is 9.59 Å². The third kappa shape index (κ3) is 3.24. The summed E-state index contributed by atoms with van der Waals surface area (Å²) in [5, 5.41) is 4.16. The Balaban J connectivity index is 1.68. The summed E-state index contributed by atoms with van der Waals surface area (Å²) < 4.78 is 1.59. The van der Waals surface area contributed by atoms with Crippen molar-refractivity contribution in [3.8, 4) is 0 Å². The molecule has 7 nitrogen and oxygen atoms in total. The van der Waals surface area contributed by atoms with Gasteiger partial charge in [0.2, 0.25) is 5.91 Å². The number of nitrogens with one attached hydrogen (secondary N) is 2. The van der Waals surface area contributed by atoms with Crippen molar-refractivity contribution in [3.05, 3.63) is 65.1 Å². The molecule has 0 fully saturated rings. The molecule has 2 amide bonds. The molecular formula is C17H17N5O2. The summed E-state index contributed by atoms with van der Waals surface area (Å²) in [6.45, 7) is 3.74. The number of carbonyl (C=O) groups excluding carboxylic acids is 2. The lowest BCUT2D eigenvalue weighted by molar-refractivity contribution is -0.121. The number of rotatable bonds is 3. The van der Waals surface area contributed by atoms with E-state index in [0.29, 0.717) is 11.2 Å². The number of fused-ring (bicyclic) bond motifs is 1. The summed E-state index contributed by atoms with van der Waals surface area (Å²) in [5.74, 6) is -0.754. The Morgan fingerprint density at radius 1 is 1.12 bits per heavy atom. The Hall–Kier alpha value is -3.22. The van der Waals surface area contributed by atoms with E-state index >= 15 is 0 Å². The highest BCUT2D eigenvalue weighted by atomic mass is 16.2. The minimum atomic E-state index is -0.455. The first kappa shape index (κ1) is 15.7. The summed E-state index contributed by atoms with van der Waals surface area (Å²) >= 11 is 0. The van der Waals surface area contributed by atoms with Gasteiger partial charge in [0.05, 0.1) is 12.6 Å². The van der Waals surface area contributed by atoms with Crippen LogP contribution >= 0.6 is 0 Å². The molecule has 0 radical (unpaired) electrons. The van der Waals surface area contributed by atoms with Crippen LogP contribution in [-0.4, -0.2) is 26.4 Å². The van der Waals surface area contributed by atoms with Crippen molar-refractivity contribution >= 4 is 17.5 Å². The van der Waals surface area contributed by atoms with Crippen LogP contribution in [0.3, 0.4) is 0 Å². The summed E-state index contributed by atoms with van der Waals surface area (Å²) in [6.07, 6.45) is 1.62. The summed E-state index contributed by atoms with van der Waals surface area (Å²) in [6, 6.07) is 11.2. The van der Waals surface area contributed by atoms with Crippen molar-refractivity contribution in [1.29, 1.82) is 0 Å². The zero-order valence-corrected chi connectivity index (χ0v) is 13.4. The Bertz CT molecular complexity index is 902. The molecule has 3 aromatic rings. The van der Waals surface area contributed by atoms with Gasteiger partial charge in [0.15, 0.2) is 5.65 Å². The molecule has 0 spiro atoms. The summed E-state index contributed by atoms with van der Waals surface area (Å²) in [7, 11) is 0. The zero-order chi connectivity index (χ0) is 17.1. The van der Waals surface area contributed by atoms with Crippen LogP contribution in [0.2, 0.25) is 0 Å². The lowest BCUT2D eigenvalue weighted by Gasteiger charge is -2.07. The summed E-state index contributed by atoms with van der Waals surface area (Å²) in [4.78, 5) is 28.5. The lowest BCUT2D eigenvalue weighted by atomic mass is 10.1. The Kier molecular flexibility index (Phi) is 4.24. The largest absolute Gasteiger partial charge is 0.275 e. The Labute approximate surface area is 138 Å². The number of amides is 2. The molecule has 3 rings (SSSR count). The van der Waals surface area contributed by atoms with Crippen molar-refractivity contribution in [2.75, 3.05) is 0 Å². The molecule has 0 aliphatic carbocycles. The van der Waals surface area contributed by atoms with E-state index < -0.39 is 5.91 Å². The van der Waals surface area contributed by atoms with E-state index in [-0.39, 0.29) is 12.3 Å². The number of hydrazine groups is 1. The van der Waals surface area contributed by atoms with Gasteiger partial charge in [-0.3, -0.25) is 20.4 Å². The first-order chi connectivity index (χ1) is 11.5. The van der Waals surface area contributed by atoms with Gasteiger partial charge in [0.25, 0.3) is 5.91 Å². The van der Waals surface area contributed by atoms with Crippen LogP contribution in [0.4, 0.5) is 0 Å². The van der Waals surface area contributed by atoms with Gasteiger partial charge in [-0.25, -0.2) is 9.50 Å². The number of aryl methyl sites for hydroxylation is 2. The highest BCUT2D eigenvalue weighted by molar-refractivity contribution is 6.00. The molecule has 2 N–H and O–H groups in total. The monoisotopic (exact) mass is 323 g/mol. The quantitative estimate of drug-likeness (QED) is 0.712. The molecule has 122 valence electrons. The standard InChI is InChI=1S/C17H17N5O2/c1-11-8-12(2)22-16(19-11)14(10-18-22)17(24)21-20-15(23)9-13-6-4-3-5-7-13/h3-8,10H,9H2,1-2H3,(H,20,23)(H,21,24). The number of aromatic nitrogens is 3. The predicted octanol–water partition coefficient (Wildman–Crippen LogP) is 1.35. The van der Waals surface area contributed by atoms with Crippen LogP contribution in [0.25, 0.3) is 5.65 Å². The Morgan fingerprint density at radius 3 is 2.62 bits per heavy atom. The highest BCUT2D eigenvalue weighted by Gasteiger charge is 2.16. The maximum Gasteiger partial charge on any atom is 0.275 e. The molecular weight excluding hydrogens is 306 g/mol. The topological polar surface area (TPSA) is 88.4 Å². The van der Waals surface area contributed by atoms with Crippen LogP contribution in [0.1, 0.15) is 27.3 Å². The van der Waals surface area contributed by atoms with E-state index in [9.17, 15) is 9.59 Å². The molecule has 2 heterocycles. The third-order valence-corrected chi connectivity index (χ3v) is 3.55. The van der Waals surface area contributed by atoms with Crippen molar-refractivity contribution in [2.45, 2.75) is 20.3 Å². The van der Waals surface area contributed by atoms with Crippen LogP contribution < -0.4 is 10.9 Å². The molecule has 0 saturated heterocycles. The maximum atomic E-state index is 12.3. The summed E-state index contributed by atoms with van der Waals surface area (Å²) in [5.41, 5.74) is 8.12. The van der Waals surface area contributed by atoms with Crippen LogP contribution in [0.5, 0.6) is 0 Å². The number of hydrogen-bond donors (Lipinski definition) is 2. The fourth-order valence-electron chi connectivity index (χ4n) is 2.45. The normalized spacial score (nSPS) is 10.6. The van der Waals surface area contributed by atoms with E-state index in [0.717, 1.165) is 17.0 Å². The fourth-order valence-corrected chi connectivity index (χ4v) is 2.45. The average Bonchev–Trinajstić information content (AvgIpc) is 2.97. The molecule has 2 aromatic heterocycles. The van der Waals surface area contributed by atoms with Crippen LogP contribution in [0.15, 0.2) is 42.6 Å². The molecule has 24 heavy (non-hydrogen) atoms. The number of nitrogens with zero attached hydrogens (tertiary/aromatic N) is 3. The second-order valence-electron chi connectivity index (χ2n) is 5.50. The molecule has 0 aliphatic heterocycles. The lowest BCUT2D eigenvalue weighted by Crippen LogP contribution is -2.42. The van der Waals surface area contributed by atoms with Crippen LogP contribution in [0, 0.1) is 13.8 Å². The van der Waals surface area contributed by atoms with E-state index in [1.807, 2.05) is 50.2 Å². The Morgan fingerprint density at radius 2 is 1.88 bits per heavy atom. The van der Waals surface area contributed by atoms with Crippen molar-refractivity contribution in [1.82, 2.24) is 25.4 Å².